The Morgan fingerprint density at radius 2 is 2.21 bits per heavy atom. The molecule has 1 fully saturated rings. The lowest BCUT2D eigenvalue weighted by Gasteiger charge is -2.31. The highest BCUT2D eigenvalue weighted by molar-refractivity contribution is 5.71. The molecule has 0 amide bonds. The smallest absolute Gasteiger partial charge is 0.308 e. The SMILES string of the molecule is COc1ccccc1Nc1cc(N2CCCC(C(=O)O)C2)ncn1. The maximum absolute atomic E-state index is 11.2. The molecule has 7 nitrogen and oxygen atoms in total. The lowest BCUT2D eigenvalue weighted by molar-refractivity contribution is -0.141. The number of nitrogens with one attached hydrogen (secondary N) is 1. The summed E-state index contributed by atoms with van der Waals surface area (Å²) < 4.78 is 5.32. The van der Waals surface area contributed by atoms with Crippen molar-refractivity contribution in [1.29, 1.82) is 0 Å². The number of piperidine rings is 1. The molecule has 1 atom stereocenters. The van der Waals surface area contributed by atoms with E-state index in [-0.39, 0.29) is 5.92 Å². The van der Waals surface area contributed by atoms with E-state index in [0.717, 1.165) is 30.2 Å². The monoisotopic (exact) mass is 328 g/mol. The second-order valence-corrected chi connectivity index (χ2v) is 5.71. The molecule has 1 aromatic heterocycles. The van der Waals surface area contributed by atoms with Crippen molar-refractivity contribution < 1.29 is 14.6 Å². The van der Waals surface area contributed by atoms with Gasteiger partial charge in [0.05, 0.1) is 18.7 Å². The van der Waals surface area contributed by atoms with Gasteiger partial charge in [-0.05, 0) is 25.0 Å². The molecule has 0 bridgehead atoms. The Morgan fingerprint density at radius 3 is 3.00 bits per heavy atom. The van der Waals surface area contributed by atoms with E-state index in [4.69, 9.17) is 4.74 Å². The molecule has 2 aromatic rings. The molecular weight excluding hydrogens is 308 g/mol. The Hall–Kier alpha value is -2.83. The molecule has 0 saturated carbocycles. The van der Waals surface area contributed by atoms with Crippen LogP contribution in [-0.2, 0) is 4.79 Å². The van der Waals surface area contributed by atoms with E-state index in [1.165, 1.54) is 6.33 Å². The molecule has 3 rings (SSSR count). The molecule has 2 heterocycles. The highest BCUT2D eigenvalue weighted by atomic mass is 16.5. The second kappa shape index (κ2) is 7.16. The lowest BCUT2D eigenvalue weighted by atomic mass is 9.98. The zero-order valence-corrected chi connectivity index (χ0v) is 13.5. The highest BCUT2D eigenvalue weighted by Gasteiger charge is 2.26. The quantitative estimate of drug-likeness (QED) is 0.872. The second-order valence-electron chi connectivity index (χ2n) is 5.71. The lowest BCUT2D eigenvalue weighted by Crippen LogP contribution is -2.39. The summed E-state index contributed by atoms with van der Waals surface area (Å²) in [7, 11) is 1.62. The molecule has 1 aliphatic heterocycles. The van der Waals surface area contributed by atoms with Gasteiger partial charge in [0.15, 0.2) is 0 Å². The number of nitrogens with zero attached hydrogens (tertiary/aromatic N) is 3. The first-order valence-electron chi connectivity index (χ1n) is 7.87. The van der Waals surface area contributed by atoms with Crippen molar-refractivity contribution in [2.24, 2.45) is 5.92 Å². The molecule has 0 spiro atoms. The number of carboxylic acids is 1. The van der Waals surface area contributed by atoms with Crippen LogP contribution < -0.4 is 15.0 Å². The molecule has 1 aromatic carbocycles. The van der Waals surface area contributed by atoms with E-state index in [1.807, 2.05) is 35.2 Å². The van der Waals surface area contributed by atoms with Gasteiger partial charge in [0.25, 0.3) is 0 Å². The summed E-state index contributed by atoms with van der Waals surface area (Å²) in [6.45, 7) is 1.27. The number of anilines is 3. The van der Waals surface area contributed by atoms with Crippen LogP contribution in [0.2, 0.25) is 0 Å². The minimum Gasteiger partial charge on any atom is -0.495 e. The van der Waals surface area contributed by atoms with Crippen molar-refractivity contribution in [2.75, 3.05) is 30.4 Å². The normalized spacial score (nSPS) is 17.4. The number of ether oxygens (including phenoxy) is 1. The first-order valence-corrected chi connectivity index (χ1v) is 7.87. The number of carbonyl (C=O) groups is 1. The number of para-hydroxylation sites is 2. The molecule has 24 heavy (non-hydrogen) atoms. The van der Waals surface area contributed by atoms with Crippen molar-refractivity contribution in [3.8, 4) is 5.75 Å². The van der Waals surface area contributed by atoms with Crippen LogP contribution in [0.25, 0.3) is 0 Å². The van der Waals surface area contributed by atoms with E-state index in [1.54, 1.807) is 7.11 Å². The minimum absolute atomic E-state index is 0.348. The number of hydrogen-bond donors (Lipinski definition) is 2. The summed E-state index contributed by atoms with van der Waals surface area (Å²) in [5, 5.41) is 12.4. The molecular formula is C17H20N4O3. The van der Waals surface area contributed by atoms with Crippen molar-refractivity contribution in [3.63, 3.8) is 0 Å². The highest BCUT2D eigenvalue weighted by Crippen LogP contribution is 2.28. The Balaban J connectivity index is 1.78. The number of methoxy groups -OCH3 is 1. The van der Waals surface area contributed by atoms with E-state index >= 15 is 0 Å². The molecule has 126 valence electrons. The summed E-state index contributed by atoms with van der Waals surface area (Å²) in [4.78, 5) is 21.8. The zero-order valence-electron chi connectivity index (χ0n) is 13.5. The van der Waals surface area contributed by atoms with E-state index in [0.29, 0.717) is 18.8 Å². The number of benzene rings is 1. The first kappa shape index (κ1) is 16.0. The Kier molecular flexibility index (Phi) is 4.79. The van der Waals surface area contributed by atoms with E-state index in [2.05, 4.69) is 15.3 Å². The third-order valence-electron chi connectivity index (χ3n) is 4.12. The molecule has 2 N–H and O–H groups in total. The number of aliphatic carboxylic acids is 1. The Labute approximate surface area is 140 Å². The molecule has 0 aliphatic carbocycles. The predicted molar refractivity (Wildman–Crippen MR) is 90.9 cm³/mol. The van der Waals surface area contributed by atoms with Gasteiger partial charge in [-0.15, -0.1) is 0 Å². The summed E-state index contributed by atoms with van der Waals surface area (Å²) in [5.41, 5.74) is 0.812. The van der Waals surface area contributed by atoms with Crippen LogP contribution in [0.5, 0.6) is 5.75 Å². The van der Waals surface area contributed by atoms with Gasteiger partial charge >= 0.3 is 5.97 Å². The van der Waals surface area contributed by atoms with E-state index in [9.17, 15) is 9.90 Å². The molecule has 1 aliphatic rings. The summed E-state index contributed by atoms with van der Waals surface area (Å²) in [6, 6.07) is 9.41. The minimum atomic E-state index is -0.749. The molecule has 0 radical (unpaired) electrons. The third kappa shape index (κ3) is 3.56. The van der Waals surface area contributed by atoms with Crippen LogP contribution in [0.4, 0.5) is 17.3 Å². The van der Waals surface area contributed by atoms with Gasteiger partial charge in [0.2, 0.25) is 0 Å². The maximum atomic E-state index is 11.2. The van der Waals surface area contributed by atoms with Crippen LogP contribution in [0.1, 0.15) is 12.8 Å². The van der Waals surface area contributed by atoms with Gasteiger partial charge in [0, 0.05) is 19.2 Å². The number of carboxylic acid groups (broad SMARTS) is 1. The molecule has 1 unspecified atom stereocenters. The first-order chi connectivity index (χ1) is 11.7. The third-order valence-corrected chi connectivity index (χ3v) is 4.12. The van der Waals surface area contributed by atoms with Crippen molar-refractivity contribution in [1.82, 2.24) is 9.97 Å². The summed E-state index contributed by atoms with van der Waals surface area (Å²) in [6.07, 6.45) is 3.04. The van der Waals surface area contributed by atoms with Gasteiger partial charge in [-0.3, -0.25) is 4.79 Å². The fourth-order valence-corrected chi connectivity index (χ4v) is 2.86. The van der Waals surface area contributed by atoms with Crippen LogP contribution in [-0.4, -0.2) is 41.2 Å². The van der Waals surface area contributed by atoms with Crippen molar-refractivity contribution in [3.05, 3.63) is 36.7 Å². The van der Waals surface area contributed by atoms with Crippen LogP contribution in [0, 0.1) is 5.92 Å². The predicted octanol–water partition coefficient (Wildman–Crippen LogP) is 2.53. The summed E-state index contributed by atoms with van der Waals surface area (Å²) >= 11 is 0. The van der Waals surface area contributed by atoms with Gasteiger partial charge in [-0.1, -0.05) is 12.1 Å². The maximum Gasteiger partial charge on any atom is 0.308 e. The van der Waals surface area contributed by atoms with Gasteiger partial charge < -0.3 is 20.1 Å². The van der Waals surface area contributed by atoms with Gasteiger partial charge in [0.1, 0.15) is 23.7 Å². The molecule has 1 saturated heterocycles. The zero-order chi connectivity index (χ0) is 16.9. The van der Waals surface area contributed by atoms with Crippen LogP contribution in [0.15, 0.2) is 36.7 Å². The standard InChI is InChI=1S/C17H20N4O3/c1-24-14-7-3-2-6-13(14)20-15-9-16(19-11-18-15)21-8-4-5-12(10-21)17(22)23/h2-3,6-7,9,11-12H,4-5,8,10H2,1H3,(H,22,23)(H,18,19,20). The van der Waals surface area contributed by atoms with Crippen molar-refractivity contribution >= 4 is 23.3 Å². The Bertz CT molecular complexity index is 722. The number of aromatic nitrogens is 2. The van der Waals surface area contributed by atoms with E-state index < -0.39 is 5.97 Å². The number of rotatable bonds is 5. The van der Waals surface area contributed by atoms with Crippen molar-refractivity contribution in [2.45, 2.75) is 12.8 Å². The average Bonchev–Trinajstić information content (AvgIpc) is 2.62. The number of hydrogen-bond acceptors (Lipinski definition) is 6. The topological polar surface area (TPSA) is 87.6 Å². The Morgan fingerprint density at radius 1 is 1.38 bits per heavy atom. The summed E-state index contributed by atoms with van der Waals surface area (Å²) in [5.74, 6) is 0.998. The van der Waals surface area contributed by atoms with Crippen LogP contribution in [0.3, 0.4) is 0 Å². The van der Waals surface area contributed by atoms with Crippen LogP contribution >= 0.6 is 0 Å². The average molecular weight is 328 g/mol. The fourth-order valence-electron chi connectivity index (χ4n) is 2.86. The van der Waals surface area contributed by atoms with Gasteiger partial charge in [-0.25, -0.2) is 9.97 Å². The molecule has 7 heteroatoms. The fraction of sp³-hybridized carbons (Fsp3) is 0.353. The van der Waals surface area contributed by atoms with Gasteiger partial charge in [-0.2, -0.15) is 0 Å². The largest absolute Gasteiger partial charge is 0.495 e.